The zero-order chi connectivity index (χ0) is 6.57. The van der Waals surface area contributed by atoms with Crippen molar-refractivity contribution < 1.29 is 14.0 Å². The summed E-state index contributed by atoms with van der Waals surface area (Å²) in [5, 5.41) is 10.4. The van der Waals surface area contributed by atoms with Crippen LogP contribution in [0.15, 0.2) is 5.16 Å². The van der Waals surface area contributed by atoms with Crippen LogP contribution in [0.5, 0.6) is 0 Å². The first-order valence-corrected chi connectivity index (χ1v) is 3.14. The summed E-state index contributed by atoms with van der Waals surface area (Å²) in [4.78, 5) is 0. The summed E-state index contributed by atoms with van der Waals surface area (Å²) >= 11 is -2.10. The van der Waals surface area contributed by atoms with Crippen molar-refractivity contribution in [3.8, 4) is 0 Å². The van der Waals surface area contributed by atoms with Gasteiger partial charge in [0.05, 0.1) is 0 Å². The normalized spacial score (nSPS) is 16.0. The molecule has 4 nitrogen and oxygen atoms in total. The Kier molecular flexibility index (Phi) is 3.38. The van der Waals surface area contributed by atoms with E-state index in [1.54, 1.807) is 6.92 Å². The Morgan fingerprint density at radius 3 is 2.38 bits per heavy atom. The highest BCUT2D eigenvalue weighted by atomic mass is 32.2. The summed E-state index contributed by atoms with van der Waals surface area (Å²) in [6.45, 7) is 1.63. The van der Waals surface area contributed by atoms with E-state index in [4.69, 9.17) is 9.76 Å². The minimum atomic E-state index is -2.10. The standard InChI is InChI=1S/C3H7NO3S/c1-2-3(4-5)8(6)7/h5H,2H2,1H3,(H,6,7). The molecule has 0 bridgehead atoms. The van der Waals surface area contributed by atoms with Crippen LogP contribution in [0.4, 0.5) is 0 Å². The maximum absolute atomic E-state index is 9.98. The zero-order valence-electron chi connectivity index (χ0n) is 4.37. The lowest BCUT2D eigenvalue weighted by molar-refractivity contribution is 0.319. The topological polar surface area (TPSA) is 69.9 Å². The molecule has 0 radical (unpaired) electrons. The van der Waals surface area contributed by atoms with Crippen molar-refractivity contribution in [3.63, 3.8) is 0 Å². The van der Waals surface area contributed by atoms with Gasteiger partial charge in [-0.2, -0.15) is 0 Å². The molecule has 0 saturated heterocycles. The second-order valence-electron chi connectivity index (χ2n) is 1.10. The molecule has 0 rings (SSSR count). The summed E-state index contributed by atoms with van der Waals surface area (Å²) < 4.78 is 18.2. The van der Waals surface area contributed by atoms with Gasteiger partial charge in [-0.3, -0.25) is 0 Å². The maximum Gasteiger partial charge on any atom is 0.204 e. The third-order valence-corrected chi connectivity index (χ3v) is 1.39. The average molecular weight is 137 g/mol. The largest absolute Gasteiger partial charge is 0.410 e. The molecule has 0 amide bonds. The van der Waals surface area contributed by atoms with Gasteiger partial charge in [0.15, 0.2) is 5.04 Å². The predicted octanol–water partition coefficient (Wildman–Crippen LogP) is 0.406. The van der Waals surface area contributed by atoms with Gasteiger partial charge in [-0.1, -0.05) is 12.1 Å². The molecule has 0 aliphatic rings. The molecular weight excluding hydrogens is 130 g/mol. The van der Waals surface area contributed by atoms with Crippen molar-refractivity contribution in [2.45, 2.75) is 13.3 Å². The third kappa shape index (κ3) is 2.04. The lowest BCUT2D eigenvalue weighted by Gasteiger charge is -1.88. The van der Waals surface area contributed by atoms with Crippen LogP contribution in [-0.2, 0) is 11.1 Å². The number of oxime groups is 1. The summed E-state index contributed by atoms with van der Waals surface area (Å²) in [5.74, 6) is 0. The van der Waals surface area contributed by atoms with E-state index in [-0.39, 0.29) is 5.04 Å². The fourth-order valence-electron chi connectivity index (χ4n) is 0.229. The van der Waals surface area contributed by atoms with E-state index in [2.05, 4.69) is 5.16 Å². The van der Waals surface area contributed by atoms with Gasteiger partial charge in [-0.05, 0) is 0 Å². The van der Waals surface area contributed by atoms with E-state index in [1.807, 2.05) is 0 Å². The van der Waals surface area contributed by atoms with Crippen LogP contribution in [0.1, 0.15) is 13.3 Å². The summed E-state index contributed by atoms with van der Waals surface area (Å²) in [5.41, 5.74) is 0. The first-order valence-electron chi connectivity index (χ1n) is 2.04. The molecule has 0 aromatic heterocycles. The minimum Gasteiger partial charge on any atom is -0.410 e. The second kappa shape index (κ2) is 3.57. The van der Waals surface area contributed by atoms with Crippen LogP contribution < -0.4 is 0 Å². The van der Waals surface area contributed by atoms with Gasteiger partial charge in [0, 0.05) is 6.42 Å². The Bertz CT molecular complexity index is 122. The fraction of sp³-hybridized carbons (Fsp3) is 0.667. The molecule has 0 heterocycles. The fourth-order valence-corrected chi connectivity index (χ4v) is 0.546. The van der Waals surface area contributed by atoms with Gasteiger partial charge in [-0.25, -0.2) is 4.21 Å². The van der Waals surface area contributed by atoms with E-state index in [1.165, 1.54) is 0 Å². The van der Waals surface area contributed by atoms with E-state index >= 15 is 0 Å². The number of nitrogens with zero attached hydrogens (tertiary/aromatic N) is 1. The highest BCUT2D eigenvalue weighted by Crippen LogP contribution is 1.87. The van der Waals surface area contributed by atoms with Crippen LogP contribution >= 0.6 is 0 Å². The van der Waals surface area contributed by atoms with Crippen LogP contribution in [0.2, 0.25) is 0 Å². The Morgan fingerprint density at radius 1 is 1.88 bits per heavy atom. The first kappa shape index (κ1) is 7.58. The van der Waals surface area contributed by atoms with Gasteiger partial charge in [0.2, 0.25) is 11.1 Å². The Hall–Kier alpha value is -0.420. The van der Waals surface area contributed by atoms with Crippen molar-refractivity contribution in [2.75, 3.05) is 0 Å². The number of hydrogen-bond acceptors (Lipinski definition) is 3. The first-order chi connectivity index (χ1) is 3.72. The number of hydrogen-bond donors (Lipinski definition) is 2. The van der Waals surface area contributed by atoms with E-state index in [9.17, 15) is 4.21 Å². The molecule has 0 aliphatic heterocycles. The van der Waals surface area contributed by atoms with Gasteiger partial charge >= 0.3 is 0 Å². The van der Waals surface area contributed by atoms with E-state index in [0.29, 0.717) is 6.42 Å². The van der Waals surface area contributed by atoms with Gasteiger partial charge < -0.3 is 9.76 Å². The van der Waals surface area contributed by atoms with Crippen LogP contribution in [0.25, 0.3) is 0 Å². The van der Waals surface area contributed by atoms with Crippen molar-refractivity contribution in [3.05, 3.63) is 0 Å². The van der Waals surface area contributed by atoms with Crippen molar-refractivity contribution >= 4 is 16.1 Å². The summed E-state index contributed by atoms with van der Waals surface area (Å²) in [6, 6.07) is 0. The smallest absolute Gasteiger partial charge is 0.204 e. The average Bonchev–Trinajstić information content (AvgIpc) is 1.69. The third-order valence-electron chi connectivity index (χ3n) is 0.616. The van der Waals surface area contributed by atoms with Crippen LogP contribution in [-0.4, -0.2) is 19.0 Å². The number of rotatable bonds is 1. The molecule has 1 unspecified atom stereocenters. The molecule has 2 N–H and O–H groups in total. The summed E-state index contributed by atoms with van der Waals surface area (Å²) in [6.07, 6.45) is 0.291. The monoisotopic (exact) mass is 137 g/mol. The molecule has 0 saturated carbocycles. The van der Waals surface area contributed by atoms with Gasteiger partial charge in [0.1, 0.15) is 0 Å². The molecule has 5 heteroatoms. The lowest BCUT2D eigenvalue weighted by Crippen LogP contribution is -2.03. The molecule has 0 aromatic carbocycles. The SMILES string of the molecule is CCC(=NO)S(=O)O. The van der Waals surface area contributed by atoms with Gasteiger partial charge in [0.25, 0.3) is 0 Å². The Labute approximate surface area is 49.5 Å². The molecule has 48 valence electrons. The van der Waals surface area contributed by atoms with E-state index < -0.39 is 11.1 Å². The molecule has 8 heavy (non-hydrogen) atoms. The van der Waals surface area contributed by atoms with Crippen molar-refractivity contribution in [2.24, 2.45) is 5.16 Å². The van der Waals surface area contributed by atoms with E-state index in [0.717, 1.165) is 0 Å². The molecule has 0 aliphatic carbocycles. The molecule has 1 atom stereocenters. The highest BCUT2D eigenvalue weighted by Gasteiger charge is 2.01. The molecule has 0 fully saturated rings. The Morgan fingerprint density at radius 2 is 2.38 bits per heavy atom. The lowest BCUT2D eigenvalue weighted by atomic mass is 10.5. The Balaban J connectivity index is 3.92. The van der Waals surface area contributed by atoms with Crippen LogP contribution in [0, 0.1) is 0 Å². The highest BCUT2D eigenvalue weighted by molar-refractivity contribution is 7.95. The quantitative estimate of drug-likeness (QED) is 0.181. The van der Waals surface area contributed by atoms with Crippen molar-refractivity contribution in [1.29, 1.82) is 0 Å². The zero-order valence-corrected chi connectivity index (χ0v) is 5.18. The minimum absolute atomic E-state index is 0.106. The maximum atomic E-state index is 9.98. The molecule has 0 spiro atoms. The van der Waals surface area contributed by atoms with Crippen molar-refractivity contribution in [1.82, 2.24) is 0 Å². The van der Waals surface area contributed by atoms with Gasteiger partial charge in [-0.15, -0.1) is 0 Å². The molecular formula is C3H7NO3S. The predicted molar refractivity (Wildman–Crippen MR) is 30.3 cm³/mol. The van der Waals surface area contributed by atoms with Crippen LogP contribution in [0.3, 0.4) is 0 Å². The summed E-state index contributed by atoms with van der Waals surface area (Å²) in [7, 11) is 0. The second-order valence-corrected chi connectivity index (χ2v) is 2.07. The molecule has 0 aromatic rings.